The largest absolute Gasteiger partial charge is 0.491 e. The fourth-order valence-corrected chi connectivity index (χ4v) is 1.64. The molecule has 0 heterocycles. The van der Waals surface area contributed by atoms with Gasteiger partial charge in [0.05, 0.1) is 6.61 Å². The van der Waals surface area contributed by atoms with Crippen LogP contribution in [0.2, 0.25) is 0 Å². The first-order valence-corrected chi connectivity index (χ1v) is 7.36. The second-order valence-electron chi connectivity index (χ2n) is 5.92. The number of carbonyl (C=O) groups excluding carboxylic acids is 2. The number of hydrogen-bond acceptors (Lipinski definition) is 5. The van der Waals surface area contributed by atoms with Gasteiger partial charge in [0.1, 0.15) is 23.6 Å². The van der Waals surface area contributed by atoms with Gasteiger partial charge in [-0.3, -0.25) is 9.59 Å². The van der Waals surface area contributed by atoms with Crippen LogP contribution in [0.25, 0.3) is 0 Å². The summed E-state index contributed by atoms with van der Waals surface area (Å²) in [6.07, 6.45) is 0. The Kier molecular flexibility index (Phi) is 6.17. The summed E-state index contributed by atoms with van der Waals surface area (Å²) >= 11 is 3.75. The lowest BCUT2D eigenvalue weighted by Crippen LogP contribution is -2.33. The molecule has 6 heteroatoms. The van der Waals surface area contributed by atoms with E-state index in [1.807, 2.05) is 0 Å². The van der Waals surface area contributed by atoms with E-state index in [1.54, 1.807) is 38.1 Å². The Bertz CT molecular complexity index is 528. The number of thiol groups is 1. The van der Waals surface area contributed by atoms with Crippen molar-refractivity contribution in [2.45, 2.75) is 38.9 Å². The van der Waals surface area contributed by atoms with E-state index < -0.39 is 11.2 Å². The monoisotopic (exact) mass is 326 g/mol. The molecule has 22 heavy (non-hydrogen) atoms. The molecular weight excluding hydrogens is 304 g/mol. The number of aliphatic hydroxyl groups is 1. The lowest BCUT2D eigenvalue weighted by Gasteiger charge is -2.21. The topological polar surface area (TPSA) is 72.8 Å². The number of rotatable bonds is 8. The first-order chi connectivity index (χ1) is 10.0. The van der Waals surface area contributed by atoms with Crippen LogP contribution >= 0.6 is 12.6 Å². The molecule has 0 amide bonds. The zero-order chi connectivity index (χ0) is 17.0. The molecule has 122 valence electrons. The van der Waals surface area contributed by atoms with Crippen LogP contribution in [0.4, 0.5) is 0 Å². The fourth-order valence-electron chi connectivity index (χ4n) is 1.57. The highest BCUT2D eigenvalue weighted by Gasteiger charge is 2.26. The molecule has 0 atom stereocenters. The maximum Gasteiger partial charge on any atom is 0.217 e. The Hall–Kier alpha value is -1.37. The molecule has 0 aliphatic heterocycles. The summed E-state index contributed by atoms with van der Waals surface area (Å²) in [7, 11) is 0. The van der Waals surface area contributed by atoms with Gasteiger partial charge in [-0.1, -0.05) is 0 Å². The zero-order valence-electron chi connectivity index (χ0n) is 13.3. The first kappa shape index (κ1) is 18.7. The van der Waals surface area contributed by atoms with Crippen LogP contribution in [-0.4, -0.2) is 40.4 Å². The number of ketones is 1. The van der Waals surface area contributed by atoms with Gasteiger partial charge in [0.25, 0.3) is 0 Å². The molecule has 5 nitrogen and oxygen atoms in total. The van der Waals surface area contributed by atoms with Gasteiger partial charge in [0, 0.05) is 5.56 Å². The van der Waals surface area contributed by atoms with Gasteiger partial charge in [-0.05, 0) is 52.0 Å². The highest BCUT2D eigenvalue weighted by Crippen LogP contribution is 2.17. The Balaban J connectivity index is 2.49. The van der Waals surface area contributed by atoms with E-state index >= 15 is 0 Å². The summed E-state index contributed by atoms with van der Waals surface area (Å²) < 4.78 is 10.8. The average Bonchev–Trinajstić information content (AvgIpc) is 2.42. The van der Waals surface area contributed by atoms with Crippen molar-refractivity contribution in [3.8, 4) is 5.75 Å². The van der Waals surface area contributed by atoms with E-state index in [1.165, 1.54) is 13.8 Å². The molecule has 1 aromatic rings. The van der Waals surface area contributed by atoms with Crippen molar-refractivity contribution in [3.63, 3.8) is 0 Å². The van der Waals surface area contributed by atoms with Crippen LogP contribution in [0, 0.1) is 0 Å². The summed E-state index contributed by atoms with van der Waals surface area (Å²) in [5.74, 6) is 0.224. The van der Waals surface area contributed by atoms with E-state index in [2.05, 4.69) is 12.6 Å². The van der Waals surface area contributed by atoms with Crippen LogP contribution in [-0.2, 0) is 9.53 Å². The van der Waals surface area contributed by atoms with Crippen molar-refractivity contribution in [3.05, 3.63) is 29.8 Å². The number of ether oxygens (including phenoxy) is 2. The van der Waals surface area contributed by atoms with Gasteiger partial charge in [-0.15, -0.1) is 12.6 Å². The summed E-state index contributed by atoms with van der Waals surface area (Å²) in [4.78, 5) is 23.0. The molecule has 0 saturated carbocycles. The molecule has 0 spiro atoms. The molecule has 0 fully saturated rings. The molecule has 0 aliphatic carbocycles. The summed E-state index contributed by atoms with van der Waals surface area (Å²) in [6, 6.07) is 6.48. The Morgan fingerprint density at radius 2 is 1.64 bits per heavy atom. The number of carbonyl (C=O) groups is 2. The SMILES string of the molecule is CC(C)(O)C(=O)c1ccc(OCCOC(C)(C)C(=O)S)cc1. The number of benzene rings is 1. The van der Waals surface area contributed by atoms with Crippen LogP contribution < -0.4 is 4.74 Å². The normalized spacial score (nSPS) is 12.1. The number of Topliss-reactive ketones (excluding diaryl/α,β-unsaturated/α-hetero) is 1. The predicted molar refractivity (Wildman–Crippen MR) is 86.6 cm³/mol. The van der Waals surface area contributed by atoms with Crippen LogP contribution in [0.15, 0.2) is 24.3 Å². The van der Waals surface area contributed by atoms with E-state index in [0.29, 0.717) is 11.3 Å². The average molecular weight is 326 g/mol. The van der Waals surface area contributed by atoms with E-state index in [4.69, 9.17) is 9.47 Å². The molecule has 0 unspecified atom stereocenters. The van der Waals surface area contributed by atoms with Crippen LogP contribution in [0.5, 0.6) is 5.75 Å². The Morgan fingerprint density at radius 3 is 2.09 bits per heavy atom. The fraction of sp³-hybridized carbons (Fsp3) is 0.500. The summed E-state index contributed by atoms with van der Waals surface area (Å²) in [5, 5.41) is 9.33. The van der Waals surface area contributed by atoms with Crippen molar-refractivity contribution in [1.29, 1.82) is 0 Å². The molecule has 0 aromatic heterocycles. The second-order valence-corrected chi connectivity index (χ2v) is 6.33. The lowest BCUT2D eigenvalue weighted by molar-refractivity contribution is -0.131. The molecule has 0 aliphatic rings. The molecule has 1 N–H and O–H groups in total. The summed E-state index contributed by atoms with van der Waals surface area (Å²) in [6.45, 7) is 6.68. The third kappa shape index (κ3) is 5.44. The third-order valence-electron chi connectivity index (χ3n) is 3.00. The van der Waals surface area contributed by atoms with Crippen LogP contribution in [0.3, 0.4) is 0 Å². The molecule has 1 aromatic carbocycles. The van der Waals surface area contributed by atoms with Gasteiger partial charge >= 0.3 is 0 Å². The minimum atomic E-state index is -1.40. The van der Waals surface area contributed by atoms with Gasteiger partial charge in [-0.2, -0.15) is 0 Å². The highest BCUT2D eigenvalue weighted by atomic mass is 32.1. The molecule has 0 saturated heterocycles. The van der Waals surface area contributed by atoms with Crippen molar-refractivity contribution in [2.24, 2.45) is 0 Å². The smallest absolute Gasteiger partial charge is 0.217 e. The van der Waals surface area contributed by atoms with E-state index in [9.17, 15) is 14.7 Å². The Labute approximate surface area is 136 Å². The molecule has 0 radical (unpaired) electrons. The maximum atomic E-state index is 11.9. The van der Waals surface area contributed by atoms with Crippen molar-refractivity contribution < 1.29 is 24.2 Å². The van der Waals surface area contributed by atoms with Gasteiger partial charge in [0.15, 0.2) is 5.78 Å². The van der Waals surface area contributed by atoms with Gasteiger partial charge in [0.2, 0.25) is 5.12 Å². The maximum absolute atomic E-state index is 11.9. The van der Waals surface area contributed by atoms with E-state index in [-0.39, 0.29) is 24.1 Å². The van der Waals surface area contributed by atoms with Crippen LogP contribution in [0.1, 0.15) is 38.1 Å². The van der Waals surface area contributed by atoms with Gasteiger partial charge in [-0.25, -0.2) is 0 Å². The molecule has 0 bridgehead atoms. The standard InChI is InChI=1S/C16H22O5S/c1-15(2,19)13(17)11-5-7-12(8-6-11)20-9-10-21-16(3,4)14(18)22/h5-8,19H,9-10H2,1-4H3,(H,18,22). The third-order valence-corrected chi connectivity index (χ3v) is 3.54. The lowest BCUT2D eigenvalue weighted by atomic mass is 9.97. The minimum Gasteiger partial charge on any atom is -0.491 e. The number of hydrogen-bond donors (Lipinski definition) is 2. The van der Waals surface area contributed by atoms with Crippen molar-refractivity contribution >= 4 is 23.5 Å². The van der Waals surface area contributed by atoms with E-state index in [0.717, 1.165) is 0 Å². The molecular formula is C16H22O5S. The Morgan fingerprint density at radius 1 is 1.09 bits per heavy atom. The van der Waals surface area contributed by atoms with Gasteiger partial charge < -0.3 is 14.6 Å². The second kappa shape index (κ2) is 7.26. The van der Waals surface area contributed by atoms with Crippen molar-refractivity contribution in [2.75, 3.05) is 13.2 Å². The quantitative estimate of drug-likeness (QED) is 0.435. The summed E-state index contributed by atoms with van der Waals surface area (Å²) in [5.41, 5.74) is -1.94. The zero-order valence-corrected chi connectivity index (χ0v) is 14.1. The van der Waals surface area contributed by atoms with Crippen molar-refractivity contribution in [1.82, 2.24) is 0 Å². The highest BCUT2D eigenvalue weighted by molar-refractivity contribution is 7.96. The first-order valence-electron chi connectivity index (χ1n) is 6.91. The minimum absolute atomic E-state index is 0.240. The predicted octanol–water partition coefficient (Wildman–Crippen LogP) is 2.27. The molecule has 1 rings (SSSR count).